The van der Waals surface area contributed by atoms with Crippen molar-refractivity contribution >= 4 is 0 Å². The van der Waals surface area contributed by atoms with Crippen LogP contribution in [-0.4, -0.2) is 133 Å². The van der Waals surface area contributed by atoms with Crippen molar-refractivity contribution in [2.45, 2.75) is 165 Å². The summed E-state index contributed by atoms with van der Waals surface area (Å²) in [5.74, 6) is -0.141. The number of hydrogen-bond acceptors (Lipinski definition) is 13. The lowest BCUT2D eigenvalue weighted by Gasteiger charge is -2.60. The van der Waals surface area contributed by atoms with Gasteiger partial charge in [0.15, 0.2) is 18.4 Å². The molecule has 51 heavy (non-hydrogen) atoms. The van der Waals surface area contributed by atoms with E-state index in [1.807, 2.05) is 6.92 Å². The van der Waals surface area contributed by atoms with E-state index in [2.05, 4.69) is 26.8 Å². The van der Waals surface area contributed by atoms with Gasteiger partial charge in [-0.3, -0.25) is 0 Å². The third kappa shape index (κ3) is 6.37. The van der Waals surface area contributed by atoms with E-state index in [-0.39, 0.29) is 48.4 Å². The number of aliphatic hydroxyl groups is 8. The van der Waals surface area contributed by atoms with E-state index < -0.39 is 78.7 Å². The monoisotopic (exact) mass is 726 g/mol. The van der Waals surface area contributed by atoms with E-state index >= 15 is 0 Å². The minimum Gasteiger partial charge on any atom is -0.393 e. The van der Waals surface area contributed by atoms with E-state index in [4.69, 9.17) is 23.7 Å². The van der Waals surface area contributed by atoms with E-state index in [9.17, 15) is 40.9 Å². The lowest BCUT2D eigenvalue weighted by atomic mass is 9.46. The highest BCUT2D eigenvalue weighted by atomic mass is 16.7. The van der Waals surface area contributed by atoms with Crippen LogP contribution in [0.1, 0.15) is 86.0 Å². The molecule has 8 N–H and O–H groups in total. The lowest BCUT2D eigenvalue weighted by molar-refractivity contribution is -0.300. The number of rotatable bonds is 8. The Balaban J connectivity index is 1.00. The zero-order valence-corrected chi connectivity index (χ0v) is 30.7. The highest BCUT2D eigenvalue weighted by Gasteiger charge is 2.68. The molecule has 292 valence electrons. The third-order valence-corrected chi connectivity index (χ3v) is 14.9. The van der Waals surface area contributed by atoms with Gasteiger partial charge in [0.1, 0.15) is 36.6 Å². The zero-order chi connectivity index (χ0) is 36.8. The molecule has 0 aromatic heterocycles. The van der Waals surface area contributed by atoms with Gasteiger partial charge in [-0.15, -0.1) is 0 Å². The second-order valence-electron chi connectivity index (χ2n) is 17.8. The molecule has 13 heteroatoms. The van der Waals surface area contributed by atoms with Gasteiger partial charge in [0.05, 0.1) is 37.6 Å². The Hall–Kier alpha value is -0.780. The molecule has 0 bridgehead atoms. The molecule has 21 atom stereocenters. The second-order valence-corrected chi connectivity index (χ2v) is 17.8. The molecule has 0 spiro atoms. The van der Waals surface area contributed by atoms with Crippen LogP contribution in [0.4, 0.5) is 0 Å². The number of fused-ring (bicyclic) bond motifs is 7. The van der Waals surface area contributed by atoms with Crippen LogP contribution in [0.5, 0.6) is 0 Å². The molecule has 0 amide bonds. The van der Waals surface area contributed by atoms with Crippen molar-refractivity contribution in [1.82, 2.24) is 0 Å². The highest BCUT2D eigenvalue weighted by Crippen LogP contribution is 2.70. The van der Waals surface area contributed by atoms with Crippen LogP contribution in [0, 0.1) is 46.3 Å². The van der Waals surface area contributed by atoms with Gasteiger partial charge in [-0.2, -0.15) is 0 Å². The molecule has 0 unspecified atom stereocenters. The summed E-state index contributed by atoms with van der Waals surface area (Å²) in [6.07, 6.45) is -3.70. The Morgan fingerprint density at radius 2 is 1.65 bits per heavy atom. The molecule has 0 aromatic carbocycles. The summed E-state index contributed by atoms with van der Waals surface area (Å²) in [5, 5.41) is 84.3. The molecule has 7 rings (SSSR count). The fraction of sp³-hybridized carbons (Fsp3) is 0.947. The van der Waals surface area contributed by atoms with Gasteiger partial charge in [-0.05, 0) is 80.5 Å². The van der Waals surface area contributed by atoms with Gasteiger partial charge >= 0.3 is 0 Å². The van der Waals surface area contributed by atoms with Crippen molar-refractivity contribution in [3.8, 4) is 0 Å². The largest absolute Gasteiger partial charge is 0.393 e. The van der Waals surface area contributed by atoms with Crippen molar-refractivity contribution in [2.75, 3.05) is 13.2 Å². The number of ether oxygens (including phenoxy) is 5. The molecular weight excluding hydrogens is 664 g/mol. The summed E-state index contributed by atoms with van der Waals surface area (Å²) in [4.78, 5) is 0. The first-order chi connectivity index (χ1) is 24.0. The van der Waals surface area contributed by atoms with Crippen molar-refractivity contribution in [1.29, 1.82) is 0 Å². The Labute approximate surface area is 300 Å². The summed E-state index contributed by atoms with van der Waals surface area (Å²) in [6.45, 7) is 10.5. The average Bonchev–Trinajstić information content (AvgIpc) is 3.52. The first-order valence-corrected chi connectivity index (χ1v) is 19.4. The first kappa shape index (κ1) is 38.5. The Morgan fingerprint density at radius 1 is 0.922 bits per heavy atom. The first-order valence-electron chi connectivity index (χ1n) is 19.4. The summed E-state index contributed by atoms with van der Waals surface area (Å²) in [6, 6.07) is 0. The summed E-state index contributed by atoms with van der Waals surface area (Å²) in [5.41, 5.74) is 0.756. The zero-order valence-electron chi connectivity index (χ0n) is 30.7. The van der Waals surface area contributed by atoms with Gasteiger partial charge in [-0.25, -0.2) is 0 Å². The third-order valence-electron chi connectivity index (χ3n) is 14.9. The molecule has 4 aliphatic carbocycles. The lowest BCUT2D eigenvalue weighted by Crippen LogP contribution is -2.60. The van der Waals surface area contributed by atoms with E-state index in [1.165, 1.54) is 5.57 Å². The maximum absolute atomic E-state index is 12.0. The van der Waals surface area contributed by atoms with Crippen molar-refractivity contribution in [3.05, 3.63) is 11.6 Å². The average molecular weight is 727 g/mol. The highest BCUT2D eigenvalue weighted by molar-refractivity contribution is 5.28. The standard InChI is InChI=1S/C38H62O13/c1-17(15-47-34-33(45)31(43)29(41)19(3)49-34)8-11-38(46)18(2)28-26(51-38)14-24-22-7-6-20-12-21(39)13-27(37(20,5)23(22)9-10-36(24,28)4)50-35-32(44)30(42)25(40)16-48-35/h6,17-19,21-35,39-46H,7-16H2,1-5H3/t17-,18+,19-,21-,22-,23+,24+,25-,26+,27-,28+,29-,30+,31+,32-,33+,34-,35+,36+,37+,38-/m1/s1. The fourth-order valence-corrected chi connectivity index (χ4v) is 11.9. The molecule has 3 saturated carbocycles. The van der Waals surface area contributed by atoms with Crippen LogP contribution in [0.3, 0.4) is 0 Å². The molecule has 3 aliphatic heterocycles. The topological polar surface area (TPSA) is 208 Å². The summed E-state index contributed by atoms with van der Waals surface area (Å²) >= 11 is 0. The van der Waals surface area contributed by atoms with Gasteiger partial charge in [0, 0.05) is 24.2 Å². The molecule has 0 radical (unpaired) electrons. The number of aliphatic hydroxyl groups excluding tert-OH is 7. The minimum atomic E-state index is -1.40. The van der Waals surface area contributed by atoms with Crippen LogP contribution in [0.25, 0.3) is 0 Å². The Bertz CT molecular complexity index is 1280. The Kier molecular flexibility index (Phi) is 10.6. The van der Waals surface area contributed by atoms with Gasteiger partial charge in [0.25, 0.3) is 0 Å². The van der Waals surface area contributed by atoms with Crippen LogP contribution in [0.15, 0.2) is 11.6 Å². The Morgan fingerprint density at radius 3 is 2.39 bits per heavy atom. The molecule has 6 fully saturated rings. The van der Waals surface area contributed by atoms with E-state index in [0.29, 0.717) is 37.5 Å². The van der Waals surface area contributed by atoms with Gasteiger partial charge in [0.2, 0.25) is 0 Å². The molecule has 13 nitrogen and oxygen atoms in total. The normalized spacial score (nSPS) is 56.0. The maximum Gasteiger partial charge on any atom is 0.186 e. The van der Waals surface area contributed by atoms with Crippen LogP contribution < -0.4 is 0 Å². The van der Waals surface area contributed by atoms with Crippen LogP contribution in [-0.2, 0) is 23.7 Å². The van der Waals surface area contributed by atoms with Crippen LogP contribution >= 0.6 is 0 Å². The van der Waals surface area contributed by atoms with Crippen molar-refractivity contribution in [2.24, 2.45) is 46.3 Å². The second kappa shape index (κ2) is 14.1. The van der Waals surface area contributed by atoms with E-state index in [0.717, 1.165) is 25.7 Å². The van der Waals surface area contributed by atoms with Gasteiger partial charge in [-0.1, -0.05) is 39.3 Å². The predicted octanol–water partition coefficient (Wildman–Crippen LogP) is 0.954. The van der Waals surface area contributed by atoms with Gasteiger partial charge < -0.3 is 64.5 Å². The number of hydrogen-bond donors (Lipinski definition) is 8. The predicted molar refractivity (Wildman–Crippen MR) is 180 cm³/mol. The maximum atomic E-state index is 12.0. The smallest absolute Gasteiger partial charge is 0.186 e. The van der Waals surface area contributed by atoms with Crippen molar-refractivity contribution < 1.29 is 64.5 Å². The number of allylic oxidation sites excluding steroid dienone is 1. The van der Waals surface area contributed by atoms with E-state index in [1.54, 1.807) is 6.92 Å². The minimum absolute atomic E-state index is 0.0146. The summed E-state index contributed by atoms with van der Waals surface area (Å²) < 4.78 is 30.2. The SMILES string of the molecule is C[C@H](CC[C@@]1(O)O[C@H]2C[C@H]3[C@@H]4CC=C5C[C@@H](O)C[C@@H](O[C@@H]6OC[C@@H](O)[C@H](O)[C@H]6O)[C@]5(C)[C@H]4CC[C@]3(C)[C@H]2[C@@H]1C)CO[C@@H]1O[C@H](C)[C@@H](O)[C@H](O)[C@@H]1O. The molecular formula is C38H62O13. The molecule has 3 heterocycles. The quantitative estimate of drug-likeness (QED) is 0.164. The molecule has 7 aliphatic rings. The molecule has 3 saturated heterocycles. The fourth-order valence-electron chi connectivity index (χ4n) is 11.9. The summed E-state index contributed by atoms with van der Waals surface area (Å²) in [7, 11) is 0. The van der Waals surface area contributed by atoms with Crippen molar-refractivity contribution in [3.63, 3.8) is 0 Å². The van der Waals surface area contributed by atoms with Crippen LogP contribution in [0.2, 0.25) is 0 Å². The molecule has 0 aromatic rings.